The van der Waals surface area contributed by atoms with Gasteiger partial charge >= 0.3 is 0 Å². The number of aliphatic hydroxyl groups excluding tert-OH is 1. The number of hydrogen-bond acceptors (Lipinski definition) is 4. The fraction of sp³-hybridized carbons (Fsp3) is 0.350. The summed E-state index contributed by atoms with van der Waals surface area (Å²) < 4.78 is 1.86. The summed E-state index contributed by atoms with van der Waals surface area (Å²) in [5.74, 6) is 0.273. The highest BCUT2D eigenvalue weighted by atomic mass is 16.3. The van der Waals surface area contributed by atoms with E-state index in [0.29, 0.717) is 5.92 Å². The number of nitrogens with one attached hydrogen (secondary N) is 1. The van der Waals surface area contributed by atoms with Gasteiger partial charge in [-0.2, -0.15) is 0 Å². The summed E-state index contributed by atoms with van der Waals surface area (Å²) in [6.45, 7) is 0.239. The Bertz CT molecular complexity index is 887. The summed E-state index contributed by atoms with van der Waals surface area (Å²) in [7, 11) is 0. The average molecular weight is 350 g/mol. The maximum Gasteiger partial charge on any atom is 0.240 e. The third kappa shape index (κ3) is 3.60. The zero-order chi connectivity index (χ0) is 17.9. The molecule has 4 rings (SSSR count). The maximum atomic E-state index is 12.6. The molecule has 1 atom stereocenters. The monoisotopic (exact) mass is 350 g/mol. The normalized spacial score (nSPS) is 20.5. The van der Waals surface area contributed by atoms with Crippen molar-refractivity contribution in [1.82, 2.24) is 19.9 Å². The van der Waals surface area contributed by atoms with E-state index in [2.05, 4.69) is 15.3 Å². The van der Waals surface area contributed by atoms with Crippen LogP contribution >= 0.6 is 0 Å². The highest BCUT2D eigenvalue weighted by molar-refractivity contribution is 5.80. The van der Waals surface area contributed by atoms with Crippen LogP contribution in [0.15, 0.2) is 55.1 Å². The van der Waals surface area contributed by atoms with Crippen molar-refractivity contribution >= 4 is 16.9 Å². The van der Waals surface area contributed by atoms with Gasteiger partial charge in [0.15, 0.2) is 0 Å². The van der Waals surface area contributed by atoms with Gasteiger partial charge in [-0.15, -0.1) is 0 Å². The molecule has 134 valence electrons. The Kier molecular flexibility index (Phi) is 4.67. The van der Waals surface area contributed by atoms with Crippen LogP contribution in [0, 0.1) is 5.92 Å². The van der Waals surface area contributed by atoms with Gasteiger partial charge < -0.3 is 15.0 Å². The van der Waals surface area contributed by atoms with Crippen LogP contribution in [0.2, 0.25) is 0 Å². The molecule has 2 heterocycles. The molecule has 0 radical (unpaired) electrons. The van der Waals surface area contributed by atoms with Crippen LogP contribution in [-0.4, -0.2) is 37.7 Å². The summed E-state index contributed by atoms with van der Waals surface area (Å²) in [6.07, 6.45) is 7.22. The predicted molar refractivity (Wildman–Crippen MR) is 98.3 cm³/mol. The fourth-order valence-corrected chi connectivity index (χ4v) is 3.61. The number of nitrogens with zero attached hydrogens (tertiary/aromatic N) is 3. The first-order valence-electron chi connectivity index (χ1n) is 8.95. The van der Waals surface area contributed by atoms with Crippen molar-refractivity contribution in [2.45, 2.75) is 38.0 Å². The van der Waals surface area contributed by atoms with Gasteiger partial charge in [0.25, 0.3) is 0 Å². The van der Waals surface area contributed by atoms with Gasteiger partial charge in [0.1, 0.15) is 6.54 Å². The number of carbonyl (C=O) groups is 1. The molecule has 0 aliphatic heterocycles. The molecular weight excluding hydrogens is 328 g/mol. The Morgan fingerprint density at radius 1 is 1.23 bits per heavy atom. The molecule has 0 unspecified atom stereocenters. The highest BCUT2D eigenvalue weighted by Gasteiger charge is 2.34. The van der Waals surface area contributed by atoms with Crippen LogP contribution in [0.4, 0.5) is 0 Å². The third-order valence-corrected chi connectivity index (χ3v) is 5.11. The van der Waals surface area contributed by atoms with E-state index in [1.807, 2.05) is 41.0 Å². The van der Waals surface area contributed by atoms with Crippen molar-refractivity contribution < 1.29 is 9.90 Å². The van der Waals surface area contributed by atoms with E-state index in [0.717, 1.165) is 35.9 Å². The number of imidazole rings is 1. The molecule has 2 N–H and O–H groups in total. The summed E-state index contributed by atoms with van der Waals surface area (Å²) in [4.78, 5) is 21.0. The summed E-state index contributed by atoms with van der Waals surface area (Å²) in [6, 6.07) is 11.7. The van der Waals surface area contributed by atoms with Crippen LogP contribution < -0.4 is 5.32 Å². The number of pyridine rings is 1. The van der Waals surface area contributed by atoms with Crippen LogP contribution in [-0.2, 0) is 17.8 Å². The quantitative estimate of drug-likeness (QED) is 0.712. The number of aromatic nitrogens is 3. The second-order valence-corrected chi connectivity index (χ2v) is 6.98. The smallest absolute Gasteiger partial charge is 0.240 e. The van der Waals surface area contributed by atoms with Crippen molar-refractivity contribution in [3.8, 4) is 0 Å². The first-order valence-corrected chi connectivity index (χ1v) is 8.95. The number of hydrogen-bond donors (Lipinski definition) is 2. The van der Waals surface area contributed by atoms with E-state index in [4.69, 9.17) is 0 Å². The number of fused-ring (bicyclic) bond motifs is 1. The van der Waals surface area contributed by atoms with E-state index in [-0.39, 0.29) is 24.6 Å². The number of benzene rings is 1. The van der Waals surface area contributed by atoms with E-state index in [1.54, 1.807) is 18.7 Å². The maximum absolute atomic E-state index is 12.6. The topological polar surface area (TPSA) is 80.0 Å². The fourth-order valence-electron chi connectivity index (χ4n) is 3.61. The molecular formula is C20H22N4O2. The van der Waals surface area contributed by atoms with Crippen molar-refractivity contribution in [3.63, 3.8) is 0 Å². The Morgan fingerprint density at radius 3 is 2.77 bits per heavy atom. The minimum absolute atomic E-state index is 0.0167. The summed E-state index contributed by atoms with van der Waals surface area (Å²) in [5, 5.41) is 12.8. The molecule has 0 bridgehead atoms. The highest BCUT2D eigenvalue weighted by Crippen LogP contribution is 2.31. The molecule has 26 heavy (non-hydrogen) atoms. The third-order valence-electron chi connectivity index (χ3n) is 5.11. The van der Waals surface area contributed by atoms with E-state index < -0.39 is 0 Å². The molecule has 0 spiro atoms. The SMILES string of the molecule is O=C(Cn1cnc2ccccc21)N[C@H](Cc1ccncc1)C1CC(O)C1. The van der Waals surface area contributed by atoms with Crippen molar-refractivity contribution in [1.29, 1.82) is 0 Å². The zero-order valence-corrected chi connectivity index (χ0v) is 14.5. The molecule has 6 heteroatoms. The van der Waals surface area contributed by atoms with Crippen LogP contribution in [0.3, 0.4) is 0 Å². The van der Waals surface area contributed by atoms with Crippen molar-refractivity contribution in [2.75, 3.05) is 0 Å². The zero-order valence-electron chi connectivity index (χ0n) is 14.5. The van der Waals surface area contributed by atoms with E-state index >= 15 is 0 Å². The van der Waals surface area contributed by atoms with Crippen molar-refractivity contribution in [2.24, 2.45) is 5.92 Å². The van der Waals surface area contributed by atoms with E-state index in [9.17, 15) is 9.90 Å². The first kappa shape index (κ1) is 16.7. The van der Waals surface area contributed by atoms with Gasteiger partial charge in [0.05, 0.1) is 23.5 Å². The number of carbonyl (C=O) groups excluding carboxylic acids is 1. The molecule has 1 fully saturated rings. The minimum Gasteiger partial charge on any atom is -0.393 e. The molecule has 1 amide bonds. The second kappa shape index (κ2) is 7.25. The lowest BCUT2D eigenvalue weighted by Gasteiger charge is -2.38. The van der Waals surface area contributed by atoms with Gasteiger partial charge in [-0.3, -0.25) is 9.78 Å². The first-order chi connectivity index (χ1) is 12.7. The van der Waals surface area contributed by atoms with Gasteiger partial charge in [0.2, 0.25) is 5.91 Å². The Balaban J connectivity index is 1.45. The summed E-state index contributed by atoms with van der Waals surface area (Å²) >= 11 is 0. The van der Waals surface area contributed by atoms with Crippen molar-refractivity contribution in [3.05, 3.63) is 60.7 Å². The number of para-hydroxylation sites is 2. The molecule has 2 aromatic heterocycles. The Labute approximate surface area is 151 Å². The van der Waals surface area contributed by atoms with E-state index in [1.165, 1.54) is 0 Å². The average Bonchev–Trinajstić information content (AvgIpc) is 3.02. The molecule has 6 nitrogen and oxygen atoms in total. The molecule has 3 aromatic rings. The lowest BCUT2D eigenvalue weighted by Crippen LogP contribution is -2.49. The number of aliphatic hydroxyl groups is 1. The minimum atomic E-state index is -0.241. The van der Waals surface area contributed by atoms with Crippen LogP contribution in [0.25, 0.3) is 11.0 Å². The van der Waals surface area contributed by atoms with Gasteiger partial charge in [-0.1, -0.05) is 12.1 Å². The largest absolute Gasteiger partial charge is 0.393 e. The van der Waals surface area contributed by atoms with Crippen LogP contribution in [0.1, 0.15) is 18.4 Å². The predicted octanol–water partition coefficient (Wildman–Crippen LogP) is 1.93. The molecule has 1 aliphatic carbocycles. The molecule has 0 saturated heterocycles. The lowest BCUT2D eigenvalue weighted by molar-refractivity contribution is -0.123. The Hall–Kier alpha value is -2.73. The van der Waals surface area contributed by atoms with Gasteiger partial charge in [-0.05, 0) is 55.0 Å². The van der Waals surface area contributed by atoms with Gasteiger partial charge in [0, 0.05) is 18.4 Å². The number of amides is 1. The van der Waals surface area contributed by atoms with Gasteiger partial charge in [-0.25, -0.2) is 4.98 Å². The summed E-state index contributed by atoms with van der Waals surface area (Å²) in [5.41, 5.74) is 2.97. The second-order valence-electron chi connectivity index (χ2n) is 6.98. The lowest BCUT2D eigenvalue weighted by atomic mass is 9.75. The number of rotatable bonds is 6. The molecule has 1 saturated carbocycles. The molecule has 1 aliphatic rings. The Morgan fingerprint density at radius 2 is 2.00 bits per heavy atom. The van der Waals surface area contributed by atoms with Crippen LogP contribution in [0.5, 0.6) is 0 Å². The molecule has 1 aromatic carbocycles. The standard InChI is InChI=1S/C20H22N4O2/c25-16-10-15(11-16)18(9-14-5-7-21-8-6-14)23-20(26)12-24-13-22-17-3-1-2-4-19(17)24/h1-8,13,15-16,18,25H,9-12H2,(H,23,26)/t15?,16?,18-/m1/s1.